The van der Waals surface area contributed by atoms with Crippen LogP contribution in [0.1, 0.15) is 0 Å². The van der Waals surface area contributed by atoms with E-state index in [2.05, 4.69) is 23.2 Å². The van der Waals surface area contributed by atoms with Crippen LogP contribution in [0.4, 0.5) is 17.1 Å². The molecule has 4 rings (SSSR count). The summed E-state index contributed by atoms with van der Waals surface area (Å²) in [5.74, 6) is 0.265. The molecule has 0 radical (unpaired) electrons. The molecule has 0 unspecified atom stereocenters. The average molecular weight is 260 g/mol. The Labute approximate surface area is 116 Å². The summed E-state index contributed by atoms with van der Waals surface area (Å²) in [7, 11) is 0. The minimum atomic E-state index is 0.265. The molecule has 3 nitrogen and oxygen atoms in total. The van der Waals surface area contributed by atoms with Crippen molar-refractivity contribution in [1.29, 1.82) is 0 Å². The first-order chi connectivity index (χ1) is 9.83. The van der Waals surface area contributed by atoms with Crippen molar-refractivity contribution in [3.05, 3.63) is 60.7 Å². The molecule has 0 bridgehead atoms. The Kier molecular flexibility index (Phi) is 2.27. The highest BCUT2D eigenvalue weighted by Crippen LogP contribution is 2.40. The molecule has 1 aliphatic rings. The van der Waals surface area contributed by atoms with E-state index in [9.17, 15) is 5.11 Å². The van der Waals surface area contributed by atoms with Crippen LogP contribution < -0.4 is 4.90 Å². The first-order valence-corrected chi connectivity index (χ1v) is 6.47. The number of hydrogen-bond acceptors (Lipinski definition) is 3. The Morgan fingerprint density at radius 1 is 0.850 bits per heavy atom. The van der Waals surface area contributed by atoms with Gasteiger partial charge in [0.25, 0.3) is 0 Å². The van der Waals surface area contributed by atoms with Gasteiger partial charge in [0, 0.05) is 11.1 Å². The smallest absolute Gasteiger partial charge is 0.115 e. The van der Waals surface area contributed by atoms with E-state index in [4.69, 9.17) is 0 Å². The van der Waals surface area contributed by atoms with Crippen molar-refractivity contribution in [2.24, 2.45) is 4.99 Å². The van der Waals surface area contributed by atoms with Gasteiger partial charge in [-0.05, 0) is 41.8 Å². The molecule has 1 N–H and O–H groups in total. The van der Waals surface area contributed by atoms with Crippen molar-refractivity contribution in [2.45, 2.75) is 0 Å². The average Bonchev–Trinajstić information content (AvgIpc) is 2.49. The quantitative estimate of drug-likeness (QED) is 0.705. The molecule has 0 amide bonds. The fourth-order valence-electron chi connectivity index (χ4n) is 2.61. The van der Waals surface area contributed by atoms with Gasteiger partial charge >= 0.3 is 0 Å². The van der Waals surface area contributed by atoms with Crippen LogP contribution in [-0.4, -0.2) is 11.4 Å². The van der Waals surface area contributed by atoms with Crippen molar-refractivity contribution in [3.8, 4) is 5.75 Å². The monoisotopic (exact) mass is 260 g/mol. The van der Waals surface area contributed by atoms with Crippen LogP contribution >= 0.6 is 0 Å². The number of phenolic OH excluding ortho intramolecular Hbond substituents is 1. The molecule has 3 aromatic rings. The summed E-state index contributed by atoms with van der Waals surface area (Å²) in [4.78, 5) is 6.57. The molecule has 96 valence electrons. The van der Waals surface area contributed by atoms with E-state index in [0.717, 1.165) is 22.4 Å². The highest BCUT2D eigenvalue weighted by Gasteiger charge is 2.16. The lowest BCUT2D eigenvalue weighted by atomic mass is 10.0. The normalized spacial score (nSPS) is 12.9. The summed E-state index contributed by atoms with van der Waals surface area (Å²) >= 11 is 0. The van der Waals surface area contributed by atoms with Crippen molar-refractivity contribution >= 4 is 34.2 Å². The third-order valence-corrected chi connectivity index (χ3v) is 3.56. The van der Waals surface area contributed by atoms with Crippen molar-refractivity contribution < 1.29 is 5.11 Å². The van der Waals surface area contributed by atoms with Crippen LogP contribution in [0.2, 0.25) is 0 Å². The molecular formula is C17H12N2O. The van der Waals surface area contributed by atoms with Crippen LogP contribution in [0, 0.1) is 0 Å². The Morgan fingerprint density at radius 3 is 2.40 bits per heavy atom. The number of aliphatic imine (C=N–C) groups is 1. The van der Waals surface area contributed by atoms with E-state index in [0.29, 0.717) is 0 Å². The van der Waals surface area contributed by atoms with Crippen LogP contribution in [0.15, 0.2) is 65.7 Å². The third-order valence-electron chi connectivity index (χ3n) is 3.56. The highest BCUT2D eigenvalue weighted by atomic mass is 16.3. The SMILES string of the molecule is Oc1ccc(N2C=Nc3cccc4cccc2c34)cc1. The van der Waals surface area contributed by atoms with Crippen LogP contribution in [0.5, 0.6) is 5.75 Å². The number of aromatic hydroxyl groups is 1. The van der Waals surface area contributed by atoms with Crippen molar-refractivity contribution in [2.75, 3.05) is 4.90 Å². The molecule has 0 aliphatic carbocycles. The summed E-state index contributed by atoms with van der Waals surface area (Å²) < 4.78 is 0. The zero-order valence-electron chi connectivity index (χ0n) is 10.7. The standard InChI is InChI=1S/C17H12N2O/c20-14-9-7-13(8-10-14)19-11-18-15-5-1-3-12-4-2-6-16(19)17(12)15/h1-11,20H. The topological polar surface area (TPSA) is 35.8 Å². The Bertz CT molecular complexity index is 817. The minimum absolute atomic E-state index is 0.265. The summed E-state index contributed by atoms with van der Waals surface area (Å²) in [6.45, 7) is 0. The van der Waals surface area contributed by atoms with Gasteiger partial charge in [0.1, 0.15) is 12.1 Å². The van der Waals surface area contributed by atoms with Crippen molar-refractivity contribution in [1.82, 2.24) is 0 Å². The molecule has 3 heteroatoms. The van der Waals surface area contributed by atoms with Gasteiger partial charge < -0.3 is 10.0 Å². The zero-order valence-corrected chi connectivity index (χ0v) is 10.7. The van der Waals surface area contributed by atoms with Crippen LogP contribution in [0.3, 0.4) is 0 Å². The molecule has 1 aliphatic heterocycles. The lowest BCUT2D eigenvalue weighted by Gasteiger charge is -2.25. The minimum Gasteiger partial charge on any atom is -0.508 e. The maximum absolute atomic E-state index is 9.41. The predicted molar refractivity (Wildman–Crippen MR) is 82.3 cm³/mol. The molecule has 0 spiro atoms. The van der Waals surface area contributed by atoms with E-state index in [1.807, 2.05) is 41.6 Å². The summed E-state index contributed by atoms with van der Waals surface area (Å²) in [5.41, 5.74) is 3.08. The lowest BCUT2D eigenvalue weighted by molar-refractivity contribution is 0.475. The molecule has 3 aromatic carbocycles. The highest BCUT2D eigenvalue weighted by molar-refractivity contribution is 6.11. The van der Waals surface area contributed by atoms with Crippen LogP contribution in [0.25, 0.3) is 10.8 Å². The van der Waals surface area contributed by atoms with Crippen LogP contribution in [-0.2, 0) is 0 Å². The Hall–Kier alpha value is -2.81. The van der Waals surface area contributed by atoms with Gasteiger partial charge in [0.15, 0.2) is 0 Å². The number of hydrogen-bond donors (Lipinski definition) is 1. The summed E-state index contributed by atoms with van der Waals surface area (Å²) in [6, 6.07) is 19.5. The molecule has 20 heavy (non-hydrogen) atoms. The number of rotatable bonds is 1. The van der Waals surface area contributed by atoms with Gasteiger partial charge in [0.05, 0.1) is 11.4 Å². The molecule has 0 saturated carbocycles. The van der Waals surface area contributed by atoms with E-state index >= 15 is 0 Å². The molecule has 0 fully saturated rings. The van der Waals surface area contributed by atoms with Crippen molar-refractivity contribution in [3.63, 3.8) is 0 Å². The molecular weight excluding hydrogens is 248 g/mol. The fraction of sp³-hybridized carbons (Fsp3) is 0. The first-order valence-electron chi connectivity index (χ1n) is 6.47. The van der Waals surface area contributed by atoms with Gasteiger partial charge in [0.2, 0.25) is 0 Å². The van der Waals surface area contributed by atoms with Gasteiger partial charge in [-0.25, -0.2) is 4.99 Å². The number of anilines is 2. The maximum atomic E-state index is 9.41. The predicted octanol–water partition coefficient (Wildman–Crippen LogP) is 4.36. The first kappa shape index (κ1) is 11.1. The zero-order chi connectivity index (χ0) is 13.5. The molecule has 0 saturated heterocycles. The second-order valence-electron chi connectivity index (χ2n) is 4.78. The summed E-state index contributed by atoms with van der Waals surface area (Å²) in [6.07, 6.45) is 1.82. The largest absolute Gasteiger partial charge is 0.508 e. The molecule has 1 heterocycles. The lowest BCUT2D eigenvalue weighted by Crippen LogP contribution is -2.16. The van der Waals surface area contributed by atoms with Gasteiger partial charge in [-0.2, -0.15) is 0 Å². The summed E-state index contributed by atoms with van der Waals surface area (Å²) in [5, 5.41) is 11.8. The molecule has 0 aromatic heterocycles. The van der Waals surface area contributed by atoms with E-state index in [1.54, 1.807) is 12.1 Å². The van der Waals surface area contributed by atoms with Gasteiger partial charge in [-0.15, -0.1) is 0 Å². The van der Waals surface area contributed by atoms with Gasteiger partial charge in [-0.3, -0.25) is 0 Å². The maximum Gasteiger partial charge on any atom is 0.115 e. The fourth-order valence-corrected chi connectivity index (χ4v) is 2.61. The van der Waals surface area contributed by atoms with E-state index in [-0.39, 0.29) is 5.75 Å². The number of benzene rings is 3. The Morgan fingerprint density at radius 2 is 1.60 bits per heavy atom. The second-order valence-corrected chi connectivity index (χ2v) is 4.78. The number of nitrogens with zero attached hydrogens (tertiary/aromatic N) is 2. The Balaban J connectivity index is 1.96. The number of phenols is 1. The second kappa shape index (κ2) is 4.10. The van der Waals surface area contributed by atoms with Gasteiger partial charge in [-0.1, -0.05) is 24.3 Å². The molecule has 0 atom stereocenters. The third kappa shape index (κ3) is 1.57. The van der Waals surface area contributed by atoms with E-state index < -0.39 is 0 Å². The van der Waals surface area contributed by atoms with E-state index in [1.165, 1.54) is 5.39 Å².